The fourth-order valence-electron chi connectivity index (χ4n) is 1.66. The van der Waals surface area contributed by atoms with E-state index in [0.717, 1.165) is 5.56 Å². The van der Waals surface area contributed by atoms with E-state index in [9.17, 15) is 9.59 Å². The van der Waals surface area contributed by atoms with Gasteiger partial charge in [-0.25, -0.2) is 9.59 Å². The molecule has 0 saturated carbocycles. The van der Waals surface area contributed by atoms with Gasteiger partial charge in [0.2, 0.25) is 0 Å². The largest absolute Gasteiger partial charge is 0.514 e. The van der Waals surface area contributed by atoms with Crippen LogP contribution in [0.15, 0.2) is 18.2 Å². The zero-order chi connectivity index (χ0) is 16.2. The number of rotatable bonds is 3. The number of hydrogen-bond acceptors (Lipinski definition) is 5. The van der Waals surface area contributed by atoms with Crippen LogP contribution in [0.2, 0.25) is 0 Å². The number of carbonyl (C=O) groups is 2. The Balaban J connectivity index is 3.14. The molecule has 21 heavy (non-hydrogen) atoms. The van der Waals surface area contributed by atoms with Crippen LogP contribution in [0.4, 0.5) is 4.79 Å². The van der Waals surface area contributed by atoms with Crippen LogP contribution in [0, 0.1) is 0 Å². The highest BCUT2D eigenvalue weighted by atomic mass is 16.7. The zero-order valence-electron chi connectivity index (χ0n) is 13.4. The van der Waals surface area contributed by atoms with Crippen molar-refractivity contribution in [2.45, 2.75) is 46.1 Å². The summed E-state index contributed by atoms with van der Waals surface area (Å²) < 4.78 is 14.7. The monoisotopic (exact) mass is 294 g/mol. The van der Waals surface area contributed by atoms with E-state index in [1.54, 1.807) is 26.0 Å². The first-order valence-electron chi connectivity index (χ1n) is 6.76. The van der Waals surface area contributed by atoms with Crippen molar-refractivity contribution in [2.75, 3.05) is 7.11 Å². The molecule has 0 atom stereocenters. The topological polar surface area (TPSA) is 61.8 Å². The van der Waals surface area contributed by atoms with Crippen molar-refractivity contribution in [1.82, 2.24) is 0 Å². The van der Waals surface area contributed by atoms with Crippen molar-refractivity contribution in [1.29, 1.82) is 0 Å². The molecule has 0 saturated heterocycles. The average molecular weight is 294 g/mol. The third kappa shape index (κ3) is 4.77. The normalized spacial score (nSPS) is 11.2. The maximum atomic E-state index is 11.9. The van der Waals surface area contributed by atoms with Crippen LogP contribution in [0.1, 0.15) is 50.5 Å². The predicted octanol–water partition coefficient (Wildman–Crippen LogP) is 3.69. The molecule has 1 rings (SSSR count). The standard InChI is InChI=1S/C16H22O5/c1-10(2)20-15(18)21-13-8-7-11(16(3,4)5)9-12(13)14(17)19-6/h7-10H,1-6H3. The van der Waals surface area contributed by atoms with Crippen molar-refractivity contribution in [3.8, 4) is 5.75 Å². The summed E-state index contributed by atoms with van der Waals surface area (Å²) in [4.78, 5) is 23.4. The number of carbonyl (C=O) groups excluding carboxylic acids is 2. The van der Waals surface area contributed by atoms with E-state index in [2.05, 4.69) is 0 Å². The highest BCUT2D eigenvalue weighted by Crippen LogP contribution is 2.28. The van der Waals surface area contributed by atoms with Crippen molar-refractivity contribution in [3.63, 3.8) is 0 Å². The van der Waals surface area contributed by atoms with Gasteiger partial charge in [-0.3, -0.25) is 0 Å². The molecule has 1 aromatic carbocycles. The summed E-state index contributed by atoms with van der Waals surface area (Å²) in [5, 5.41) is 0. The maximum absolute atomic E-state index is 11.9. The second-order valence-corrected chi connectivity index (χ2v) is 5.97. The highest BCUT2D eigenvalue weighted by molar-refractivity contribution is 5.93. The third-order valence-corrected chi connectivity index (χ3v) is 2.78. The van der Waals surface area contributed by atoms with Crippen LogP contribution >= 0.6 is 0 Å². The summed E-state index contributed by atoms with van der Waals surface area (Å²) in [7, 11) is 1.28. The Labute approximate surface area is 125 Å². The number of ether oxygens (including phenoxy) is 3. The molecule has 5 nitrogen and oxygen atoms in total. The molecule has 0 spiro atoms. The van der Waals surface area contributed by atoms with Crippen molar-refractivity contribution >= 4 is 12.1 Å². The molecule has 116 valence electrons. The van der Waals surface area contributed by atoms with Crippen molar-refractivity contribution in [3.05, 3.63) is 29.3 Å². The lowest BCUT2D eigenvalue weighted by atomic mass is 9.86. The Morgan fingerprint density at radius 3 is 2.24 bits per heavy atom. The molecular formula is C16H22O5. The summed E-state index contributed by atoms with van der Waals surface area (Å²) in [6, 6.07) is 5.06. The van der Waals surface area contributed by atoms with Gasteiger partial charge in [0.05, 0.1) is 13.2 Å². The van der Waals surface area contributed by atoms with Crippen LogP contribution in [0.3, 0.4) is 0 Å². The lowest BCUT2D eigenvalue weighted by Crippen LogP contribution is -2.18. The molecule has 0 N–H and O–H groups in total. The lowest BCUT2D eigenvalue weighted by Gasteiger charge is -2.20. The molecule has 0 aliphatic heterocycles. The molecule has 0 amide bonds. The van der Waals surface area contributed by atoms with Gasteiger partial charge in [-0.2, -0.15) is 0 Å². The van der Waals surface area contributed by atoms with Crippen LogP contribution in [-0.4, -0.2) is 25.3 Å². The van der Waals surface area contributed by atoms with E-state index in [1.165, 1.54) is 7.11 Å². The minimum atomic E-state index is -0.848. The zero-order valence-corrected chi connectivity index (χ0v) is 13.4. The Hall–Kier alpha value is -2.04. The Morgan fingerprint density at radius 1 is 1.14 bits per heavy atom. The quantitative estimate of drug-likeness (QED) is 0.628. The second-order valence-electron chi connectivity index (χ2n) is 5.97. The van der Waals surface area contributed by atoms with Gasteiger partial charge >= 0.3 is 12.1 Å². The summed E-state index contributed by atoms with van der Waals surface area (Å²) in [5.41, 5.74) is 0.998. The molecule has 0 radical (unpaired) electrons. The minimum Gasteiger partial charge on any atom is -0.465 e. The maximum Gasteiger partial charge on any atom is 0.514 e. The summed E-state index contributed by atoms with van der Waals surface area (Å²) in [6.45, 7) is 9.50. The Bertz CT molecular complexity index is 526. The van der Waals surface area contributed by atoms with Gasteiger partial charge < -0.3 is 14.2 Å². The molecule has 0 heterocycles. The van der Waals surface area contributed by atoms with Gasteiger partial charge in [0.1, 0.15) is 11.3 Å². The Kier molecular flexibility index (Phi) is 5.35. The molecular weight excluding hydrogens is 272 g/mol. The third-order valence-electron chi connectivity index (χ3n) is 2.78. The van der Waals surface area contributed by atoms with Crippen molar-refractivity contribution < 1.29 is 23.8 Å². The molecule has 0 aliphatic carbocycles. The van der Waals surface area contributed by atoms with Crippen LogP contribution in [0.5, 0.6) is 5.75 Å². The first-order valence-corrected chi connectivity index (χ1v) is 6.76. The van der Waals surface area contributed by atoms with E-state index in [4.69, 9.17) is 14.2 Å². The molecule has 0 unspecified atom stereocenters. The molecule has 0 aliphatic rings. The van der Waals surface area contributed by atoms with Gasteiger partial charge in [-0.15, -0.1) is 0 Å². The van der Waals surface area contributed by atoms with E-state index < -0.39 is 12.1 Å². The summed E-state index contributed by atoms with van der Waals surface area (Å²) in [6.07, 6.45) is -1.15. The lowest BCUT2D eigenvalue weighted by molar-refractivity contribution is 0.0587. The van der Waals surface area contributed by atoms with Gasteiger partial charge in [-0.1, -0.05) is 26.8 Å². The first-order chi connectivity index (χ1) is 9.65. The number of benzene rings is 1. The van der Waals surface area contributed by atoms with Gasteiger partial charge in [0, 0.05) is 0 Å². The molecule has 0 fully saturated rings. The average Bonchev–Trinajstić information content (AvgIpc) is 2.35. The van der Waals surface area contributed by atoms with E-state index in [0.29, 0.717) is 0 Å². The second kappa shape index (κ2) is 6.61. The van der Waals surface area contributed by atoms with E-state index in [-0.39, 0.29) is 22.8 Å². The van der Waals surface area contributed by atoms with Crippen LogP contribution in [-0.2, 0) is 14.9 Å². The highest BCUT2D eigenvalue weighted by Gasteiger charge is 2.22. The molecule has 0 aromatic heterocycles. The fourth-order valence-corrected chi connectivity index (χ4v) is 1.66. The van der Waals surface area contributed by atoms with E-state index in [1.807, 2.05) is 26.8 Å². The number of methoxy groups -OCH3 is 1. The SMILES string of the molecule is COC(=O)c1cc(C(C)(C)C)ccc1OC(=O)OC(C)C. The van der Waals surface area contributed by atoms with Crippen LogP contribution in [0.25, 0.3) is 0 Å². The first kappa shape index (κ1) is 17.0. The van der Waals surface area contributed by atoms with E-state index >= 15 is 0 Å². The molecule has 5 heteroatoms. The minimum absolute atomic E-state index is 0.125. The number of esters is 1. The smallest absolute Gasteiger partial charge is 0.465 e. The summed E-state index contributed by atoms with van der Waals surface area (Å²) >= 11 is 0. The summed E-state index contributed by atoms with van der Waals surface area (Å²) in [5.74, 6) is -0.436. The van der Waals surface area contributed by atoms with Gasteiger partial charge in [-0.05, 0) is 37.0 Å². The fraction of sp³-hybridized carbons (Fsp3) is 0.500. The molecule has 0 bridgehead atoms. The van der Waals surface area contributed by atoms with Crippen molar-refractivity contribution in [2.24, 2.45) is 0 Å². The van der Waals surface area contributed by atoms with Crippen LogP contribution < -0.4 is 4.74 Å². The Morgan fingerprint density at radius 2 is 1.76 bits per heavy atom. The predicted molar refractivity (Wildman–Crippen MR) is 78.7 cm³/mol. The number of hydrogen-bond donors (Lipinski definition) is 0. The molecule has 1 aromatic rings. The van der Waals surface area contributed by atoms with Gasteiger partial charge in [0.15, 0.2) is 0 Å². The van der Waals surface area contributed by atoms with Gasteiger partial charge in [0.25, 0.3) is 0 Å².